The maximum absolute atomic E-state index is 13.2. The summed E-state index contributed by atoms with van der Waals surface area (Å²) in [5.41, 5.74) is -1.31. The summed E-state index contributed by atoms with van der Waals surface area (Å²) in [6.07, 6.45) is 0.667. The van der Waals surface area contributed by atoms with Gasteiger partial charge < -0.3 is 24.3 Å². The summed E-state index contributed by atoms with van der Waals surface area (Å²) in [7, 11) is 0. The highest BCUT2D eigenvalue weighted by molar-refractivity contribution is 5.88. The van der Waals surface area contributed by atoms with Crippen LogP contribution in [-0.2, 0) is 44.7 Å². The van der Waals surface area contributed by atoms with Gasteiger partial charge in [0.15, 0.2) is 0 Å². The number of nitrogens with one attached hydrogen (secondary N) is 1. The molecule has 2 atom stereocenters. The molecule has 0 heterocycles. The second kappa shape index (κ2) is 17.8. The Morgan fingerprint density at radius 1 is 0.682 bits per heavy atom. The van der Waals surface area contributed by atoms with Crippen LogP contribution in [0.25, 0.3) is 0 Å². The van der Waals surface area contributed by atoms with Crippen molar-refractivity contribution < 1.29 is 42.9 Å². The number of benzene rings is 1. The van der Waals surface area contributed by atoms with Gasteiger partial charge in [-0.2, -0.15) is 0 Å². The molecule has 0 aromatic heterocycles. The van der Waals surface area contributed by atoms with Crippen LogP contribution < -0.4 is 5.32 Å². The van der Waals surface area contributed by atoms with Gasteiger partial charge in [-0.05, 0) is 87.1 Å². The summed E-state index contributed by atoms with van der Waals surface area (Å²) in [6.45, 7) is 16.2. The summed E-state index contributed by atoms with van der Waals surface area (Å²) in [5.74, 6) is -3.43. The third-order valence-corrected chi connectivity index (χ3v) is 6.01. The van der Waals surface area contributed by atoms with Crippen molar-refractivity contribution in [3.05, 3.63) is 35.9 Å². The molecule has 0 aliphatic rings. The van der Waals surface area contributed by atoms with Gasteiger partial charge in [-0.15, -0.1) is 0 Å². The van der Waals surface area contributed by atoms with Gasteiger partial charge in [-0.1, -0.05) is 36.8 Å². The number of ketones is 1. The smallest absolute Gasteiger partial charge is 0.407 e. The van der Waals surface area contributed by atoms with E-state index in [4.69, 9.17) is 18.9 Å². The van der Waals surface area contributed by atoms with E-state index in [0.29, 0.717) is 25.8 Å². The minimum Gasteiger partial charge on any atom is -0.460 e. The Morgan fingerprint density at radius 2 is 1.18 bits per heavy atom. The highest BCUT2D eigenvalue weighted by Crippen LogP contribution is 2.24. The summed E-state index contributed by atoms with van der Waals surface area (Å²) in [4.78, 5) is 63.6. The standard InChI is InChI=1S/C34H53NO9/c1-32(2,3)42-28(37)19-18-26(30(39)44-34(7,8)9)22-27(36)21-25(29(38)43-33(4,5)6)17-13-14-20-35-31(40)41-23-24-15-11-10-12-16-24/h10-12,15-16,25-26H,13-14,17-23H2,1-9H3,(H,35,40)/t25-,26-/m1/s1. The van der Waals surface area contributed by atoms with E-state index in [1.807, 2.05) is 30.3 Å². The molecule has 0 spiro atoms. The number of carbonyl (C=O) groups is 5. The fourth-order valence-corrected chi connectivity index (χ4v) is 4.17. The van der Waals surface area contributed by atoms with Crippen molar-refractivity contribution in [1.82, 2.24) is 5.32 Å². The zero-order valence-corrected chi connectivity index (χ0v) is 28.1. The van der Waals surface area contributed by atoms with E-state index in [0.717, 1.165) is 5.56 Å². The number of carbonyl (C=O) groups excluding carboxylic acids is 5. The zero-order chi connectivity index (χ0) is 33.6. The van der Waals surface area contributed by atoms with Gasteiger partial charge in [0.1, 0.15) is 29.2 Å². The van der Waals surface area contributed by atoms with Gasteiger partial charge in [-0.25, -0.2) is 4.79 Å². The molecule has 1 aromatic rings. The van der Waals surface area contributed by atoms with Crippen LogP contribution in [-0.4, -0.2) is 53.1 Å². The summed E-state index contributed by atoms with van der Waals surface area (Å²) in [5, 5.41) is 2.70. The number of Topliss-reactive ketones (excluding diaryl/α,β-unsaturated/α-hetero) is 1. The molecule has 0 radical (unpaired) electrons. The maximum Gasteiger partial charge on any atom is 0.407 e. The number of rotatable bonds is 16. The highest BCUT2D eigenvalue weighted by Gasteiger charge is 2.32. The second-order valence-electron chi connectivity index (χ2n) is 14.0. The van der Waals surface area contributed by atoms with Crippen molar-refractivity contribution in [3.8, 4) is 0 Å². The molecule has 0 saturated carbocycles. The molecular weight excluding hydrogens is 566 g/mol. The zero-order valence-electron chi connectivity index (χ0n) is 28.1. The predicted octanol–water partition coefficient (Wildman–Crippen LogP) is 6.47. The monoisotopic (exact) mass is 619 g/mol. The van der Waals surface area contributed by atoms with E-state index in [1.54, 1.807) is 62.3 Å². The van der Waals surface area contributed by atoms with Gasteiger partial charge >= 0.3 is 24.0 Å². The van der Waals surface area contributed by atoms with Crippen LogP contribution >= 0.6 is 0 Å². The van der Waals surface area contributed by atoms with Crippen molar-refractivity contribution in [2.45, 2.75) is 131 Å². The normalized spacial score (nSPS) is 13.3. The Bertz CT molecular complexity index is 1080. The minimum absolute atomic E-state index is 0.0509. The Kier molecular flexibility index (Phi) is 15.6. The van der Waals surface area contributed by atoms with Crippen LogP contribution in [0.2, 0.25) is 0 Å². The van der Waals surface area contributed by atoms with Crippen molar-refractivity contribution in [3.63, 3.8) is 0 Å². The number of hydrogen-bond acceptors (Lipinski definition) is 9. The Morgan fingerprint density at radius 3 is 1.68 bits per heavy atom. The van der Waals surface area contributed by atoms with Gasteiger partial charge in [0.05, 0.1) is 11.8 Å². The lowest BCUT2D eigenvalue weighted by Gasteiger charge is -2.25. The molecule has 0 saturated heterocycles. The number of ether oxygens (including phenoxy) is 4. The number of alkyl carbamates (subject to hydrolysis) is 1. The van der Waals surface area contributed by atoms with E-state index in [2.05, 4.69) is 5.32 Å². The highest BCUT2D eigenvalue weighted by atomic mass is 16.6. The predicted molar refractivity (Wildman–Crippen MR) is 166 cm³/mol. The van der Waals surface area contributed by atoms with Crippen molar-refractivity contribution in [2.75, 3.05) is 6.54 Å². The van der Waals surface area contributed by atoms with E-state index >= 15 is 0 Å². The fraction of sp³-hybridized carbons (Fsp3) is 0.676. The summed E-state index contributed by atoms with van der Waals surface area (Å²) >= 11 is 0. The van der Waals surface area contributed by atoms with Crippen molar-refractivity contribution in [2.24, 2.45) is 11.8 Å². The SMILES string of the molecule is CC(C)(C)OC(=O)CC[C@H](CC(=O)C[C@@H](CCCCNC(=O)OCc1ccccc1)C(=O)OC(C)(C)C)C(=O)OC(C)(C)C. The first kappa shape index (κ1) is 38.6. The van der Waals surface area contributed by atoms with Crippen LogP contribution in [0.1, 0.15) is 113 Å². The molecule has 248 valence electrons. The van der Waals surface area contributed by atoms with E-state index in [1.165, 1.54) is 0 Å². The van der Waals surface area contributed by atoms with E-state index in [-0.39, 0.29) is 38.1 Å². The van der Waals surface area contributed by atoms with Crippen LogP contribution in [0.15, 0.2) is 30.3 Å². The summed E-state index contributed by atoms with van der Waals surface area (Å²) in [6, 6.07) is 9.34. The Hall–Kier alpha value is -3.43. The van der Waals surface area contributed by atoms with Crippen LogP contribution in [0.4, 0.5) is 4.79 Å². The van der Waals surface area contributed by atoms with Gasteiger partial charge in [0, 0.05) is 25.8 Å². The minimum atomic E-state index is -0.861. The van der Waals surface area contributed by atoms with Gasteiger partial charge in [-0.3, -0.25) is 19.2 Å². The first-order valence-electron chi connectivity index (χ1n) is 15.4. The first-order valence-corrected chi connectivity index (χ1v) is 15.4. The van der Waals surface area contributed by atoms with Gasteiger partial charge in [0.2, 0.25) is 0 Å². The second-order valence-corrected chi connectivity index (χ2v) is 14.0. The molecule has 10 nitrogen and oxygen atoms in total. The summed E-state index contributed by atoms with van der Waals surface area (Å²) < 4.78 is 21.7. The lowest BCUT2D eigenvalue weighted by atomic mass is 9.90. The third kappa shape index (κ3) is 19.0. The van der Waals surface area contributed by atoms with Crippen molar-refractivity contribution in [1.29, 1.82) is 0 Å². The van der Waals surface area contributed by atoms with Gasteiger partial charge in [0.25, 0.3) is 0 Å². The molecular formula is C34H53NO9. The number of hydrogen-bond donors (Lipinski definition) is 1. The topological polar surface area (TPSA) is 134 Å². The molecule has 0 aliphatic heterocycles. The largest absolute Gasteiger partial charge is 0.460 e. The lowest BCUT2D eigenvalue weighted by molar-refractivity contribution is -0.162. The van der Waals surface area contributed by atoms with Crippen LogP contribution in [0.5, 0.6) is 0 Å². The molecule has 1 amide bonds. The molecule has 0 fully saturated rings. The quantitative estimate of drug-likeness (QED) is 0.125. The Labute approximate surface area is 262 Å². The molecule has 44 heavy (non-hydrogen) atoms. The average Bonchev–Trinajstić information content (AvgIpc) is 2.86. The van der Waals surface area contributed by atoms with E-state index in [9.17, 15) is 24.0 Å². The molecule has 1 rings (SSSR count). The lowest BCUT2D eigenvalue weighted by Crippen LogP contribution is -2.33. The van der Waals surface area contributed by atoms with Crippen LogP contribution in [0, 0.1) is 11.8 Å². The average molecular weight is 620 g/mol. The maximum atomic E-state index is 13.2. The molecule has 0 aliphatic carbocycles. The fourth-order valence-electron chi connectivity index (χ4n) is 4.17. The number of unbranched alkanes of at least 4 members (excludes halogenated alkanes) is 1. The van der Waals surface area contributed by atoms with E-state index < -0.39 is 52.6 Å². The van der Waals surface area contributed by atoms with Crippen molar-refractivity contribution >= 4 is 29.8 Å². The molecule has 0 unspecified atom stereocenters. The van der Waals surface area contributed by atoms with Crippen LogP contribution in [0.3, 0.4) is 0 Å². The third-order valence-electron chi connectivity index (χ3n) is 6.01. The first-order chi connectivity index (χ1) is 20.2. The molecule has 1 N–H and O–H groups in total. The molecule has 1 aromatic carbocycles. The molecule has 10 heteroatoms. The Balaban J connectivity index is 2.77. The number of esters is 3. The number of amides is 1. The molecule has 0 bridgehead atoms.